The van der Waals surface area contributed by atoms with Crippen molar-refractivity contribution in [2.45, 2.75) is 83.9 Å². The summed E-state index contributed by atoms with van der Waals surface area (Å²) >= 11 is 7.03. The van der Waals surface area contributed by atoms with Crippen LogP contribution in [0.5, 0.6) is 5.75 Å². The van der Waals surface area contributed by atoms with E-state index < -0.39 is 11.6 Å². The Kier molecular flexibility index (Phi) is 5.08. The standard InChI is InChI=1S/C26H33ClN2O5/c1-12-6-7-19-24(3,4)21(27)18(29-13(2)30)10-26(19)25(12,5)9-16-15(23(32)33)8-14-17(20(16)34-26)11-28-22(14)31/h8,12,18-19,21H,6-7,9-11H2,1-5H3,(H,28,31)(H,29,30)(H,32,33)/t12-,18+,19-,21-,25+,26-/m0/s1. The number of ether oxygens (including phenoxy) is 1. The molecule has 0 aromatic heterocycles. The van der Waals surface area contributed by atoms with E-state index in [1.54, 1.807) is 0 Å². The van der Waals surface area contributed by atoms with Crippen LogP contribution < -0.4 is 15.4 Å². The SMILES string of the molecule is CC(=O)N[C@@H]1C[C@@]23Oc4c(c(C(=O)O)cc5c4CNC5=O)C[C@]2(C)[C@@H](C)CC[C@H]3C(C)(C)[C@H]1Cl. The Balaban J connectivity index is 1.76. The summed E-state index contributed by atoms with van der Waals surface area (Å²) in [7, 11) is 0. The van der Waals surface area contributed by atoms with Crippen LogP contribution in [0.25, 0.3) is 0 Å². The molecule has 34 heavy (non-hydrogen) atoms. The van der Waals surface area contributed by atoms with Crippen molar-refractivity contribution >= 4 is 29.4 Å². The third-order valence-corrected chi connectivity index (χ3v) is 10.5. The van der Waals surface area contributed by atoms with Gasteiger partial charge in [-0.2, -0.15) is 0 Å². The number of nitrogens with one attached hydrogen (secondary N) is 2. The number of alkyl halides is 1. The number of carbonyl (C=O) groups excluding carboxylic acids is 2. The molecule has 2 fully saturated rings. The van der Waals surface area contributed by atoms with Gasteiger partial charge in [-0.05, 0) is 36.7 Å². The Morgan fingerprint density at radius 1 is 1.24 bits per heavy atom. The van der Waals surface area contributed by atoms with Gasteiger partial charge in [0.15, 0.2) is 0 Å². The number of carbonyl (C=O) groups is 3. The van der Waals surface area contributed by atoms with Gasteiger partial charge in [-0.1, -0.05) is 27.7 Å². The van der Waals surface area contributed by atoms with Crippen molar-refractivity contribution < 1.29 is 24.2 Å². The van der Waals surface area contributed by atoms with Crippen molar-refractivity contribution in [2.75, 3.05) is 0 Å². The summed E-state index contributed by atoms with van der Waals surface area (Å²) in [5.74, 6) is -0.544. The van der Waals surface area contributed by atoms with Crippen LogP contribution in [0.3, 0.4) is 0 Å². The summed E-state index contributed by atoms with van der Waals surface area (Å²) in [5.41, 5.74) is 0.553. The van der Waals surface area contributed by atoms with E-state index in [-0.39, 0.29) is 51.5 Å². The quantitative estimate of drug-likeness (QED) is 0.548. The predicted molar refractivity (Wildman–Crippen MR) is 127 cm³/mol. The molecule has 7 nitrogen and oxygen atoms in total. The highest BCUT2D eigenvalue weighted by molar-refractivity contribution is 6.21. The van der Waals surface area contributed by atoms with Crippen molar-refractivity contribution in [3.05, 3.63) is 28.3 Å². The van der Waals surface area contributed by atoms with Crippen LogP contribution in [-0.4, -0.2) is 39.9 Å². The van der Waals surface area contributed by atoms with Gasteiger partial charge in [0, 0.05) is 54.0 Å². The van der Waals surface area contributed by atoms with Crippen LogP contribution in [0.2, 0.25) is 0 Å². The van der Waals surface area contributed by atoms with Crippen molar-refractivity contribution in [3.63, 3.8) is 0 Å². The Hall–Kier alpha value is -2.28. The second-order valence-corrected chi connectivity index (χ2v) is 12.1. The highest BCUT2D eigenvalue weighted by atomic mass is 35.5. The van der Waals surface area contributed by atoms with Gasteiger partial charge in [0.1, 0.15) is 11.4 Å². The maximum Gasteiger partial charge on any atom is 0.336 e. The number of benzene rings is 1. The fraction of sp³-hybridized carbons (Fsp3) is 0.654. The Labute approximate surface area is 205 Å². The molecule has 8 heteroatoms. The predicted octanol–water partition coefficient (Wildman–Crippen LogP) is 3.90. The third kappa shape index (κ3) is 2.91. The van der Waals surface area contributed by atoms with Crippen LogP contribution in [0.15, 0.2) is 6.07 Å². The molecular weight excluding hydrogens is 456 g/mol. The van der Waals surface area contributed by atoms with Gasteiger partial charge >= 0.3 is 5.97 Å². The van der Waals surface area contributed by atoms with Crippen LogP contribution >= 0.6 is 11.6 Å². The molecule has 1 aromatic carbocycles. The number of carboxylic acids is 1. The lowest BCUT2D eigenvalue weighted by molar-refractivity contribution is -0.214. The molecule has 184 valence electrons. The molecule has 2 aliphatic heterocycles. The second-order valence-electron chi connectivity index (χ2n) is 11.6. The van der Waals surface area contributed by atoms with E-state index in [2.05, 4.69) is 38.3 Å². The minimum atomic E-state index is -1.05. The molecule has 0 radical (unpaired) electrons. The lowest BCUT2D eigenvalue weighted by Gasteiger charge is -2.68. The van der Waals surface area contributed by atoms with E-state index >= 15 is 0 Å². The van der Waals surface area contributed by atoms with Gasteiger partial charge in [0.05, 0.1) is 10.9 Å². The van der Waals surface area contributed by atoms with Gasteiger partial charge < -0.3 is 20.5 Å². The first-order chi connectivity index (χ1) is 15.8. The number of amides is 2. The summed E-state index contributed by atoms with van der Waals surface area (Å²) < 4.78 is 7.11. The molecule has 2 heterocycles. The van der Waals surface area contributed by atoms with Crippen LogP contribution in [0.4, 0.5) is 0 Å². The average molecular weight is 489 g/mol. The molecule has 6 atom stereocenters. The van der Waals surface area contributed by atoms with E-state index in [4.69, 9.17) is 16.3 Å². The summed E-state index contributed by atoms with van der Waals surface area (Å²) in [6, 6.07) is 1.22. The maximum absolute atomic E-state index is 12.5. The number of carboxylic acid groups (broad SMARTS) is 1. The van der Waals surface area contributed by atoms with E-state index in [1.807, 2.05) is 0 Å². The molecule has 5 rings (SSSR count). The van der Waals surface area contributed by atoms with E-state index in [0.717, 1.165) is 18.4 Å². The third-order valence-electron chi connectivity index (χ3n) is 9.60. The molecular formula is C26H33ClN2O5. The smallest absolute Gasteiger partial charge is 0.336 e. The molecule has 1 aromatic rings. The monoisotopic (exact) mass is 488 g/mol. The molecule has 2 aliphatic carbocycles. The van der Waals surface area contributed by atoms with Crippen LogP contribution in [0.1, 0.15) is 85.7 Å². The molecule has 4 aliphatic rings. The Morgan fingerprint density at radius 3 is 2.59 bits per heavy atom. The molecule has 1 spiro atoms. The van der Waals surface area contributed by atoms with Gasteiger partial charge in [0.2, 0.25) is 5.91 Å². The van der Waals surface area contributed by atoms with E-state index in [0.29, 0.717) is 36.3 Å². The highest BCUT2D eigenvalue weighted by Crippen LogP contribution is 2.67. The molecule has 2 amide bonds. The maximum atomic E-state index is 12.5. The summed E-state index contributed by atoms with van der Waals surface area (Å²) in [5, 5.41) is 15.7. The number of hydrogen-bond acceptors (Lipinski definition) is 4. The zero-order valence-corrected chi connectivity index (χ0v) is 21.1. The fourth-order valence-electron chi connectivity index (χ4n) is 7.64. The zero-order chi connectivity index (χ0) is 24.8. The summed E-state index contributed by atoms with van der Waals surface area (Å²) in [6.07, 6.45) is 3.02. The minimum Gasteiger partial charge on any atom is -0.486 e. The van der Waals surface area contributed by atoms with Crippen molar-refractivity contribution in [1.82, 2.24) is 10.6 Å². The number of hydrogen-bond donors (Lipinski definition) is 3. The fourth-order valence-corrected chi connectivity index (χ4v) is 7.94. The molecule has 0 bridgehead atoms. The number of rotatable bonds is 2. The topological polar surface area (TPSA) is 105 Å². The van der Waals surface area contributed by atoms with Crippen LogP contribution in [0, 0.1) is 22.7 Å². The first-order valence-electron chi connectivity index (χ1n) is 12.1. The van der Waals surface area contributed by atoms with Gasteiger partial charge in [0.25, 0.3) is 5.91 Å². The van der Waals surface area contributed by atoms with E-state index in [1.165, 1.54) is 13.0 Å². The first kappa shape index (κ1) is 23.5. The molecule has 0 unspecified atom stereocenters. The average Bonchev–Trinajstić information content (AvgIpc) is 3.11. The Morgan fingerprint density at radius 2 is 1.94 bits per heavy atom. The number of aromatic carboxylic acids is 1. The van der Waals surface area contributed by atoms with Gasteiger partial charge in [-0.3, -0.25) is 9.59 Å². The van der Waals surface area contributed by atoms with Gasteiger partial charge in [-0.15, -0.1) is 11.6 Å². The lowest BCUT2D eigenvalue weighted by Crippen LogP contribution is -2.74. The lowest BCUT2D eigenvalue weighted by atomic mass is 9.43. The zero-order valence-electron chi connectivity index (χ0n) is 20.4. The normalized spacial score (nSPS) is 37.3. The summed E-state index contributed by atoms with van der Waals surface area (Å²) in [4.78, 5) is 36.9. The van der Waals surface area contributed by atoms with Gasteiger partial charge in [-0.25, -0.2) is 4.79 Å². The minimum absolute atomic E-state index is 0.107. The number of fused-ring (bicyclic) bond motifs is 3. The first-order valence-corrected chi connectivity index (χ1v) is 12.6. The highest BCUT2D eigenvalue weighted by Gasteiger charge is 2.69. The molecule has 2 saturated carbocycles. The Bertz CT molecular complexity index is 1120. The van der Waals surface area contributed by atoms with Crippen molar-refractivity contribution in [1.29, 1.82) is 0 Å². The van der Waals surface area contributed by atoms with Crippen molar-refractivity contribution in [2.24, 2.45) is 22.7 Å². The van der Waals surface area contributed by atoms with E-state index in [9.17, 15) is 19.5 Å². The summed E-state index contributed by atoms with van der Waals surface area (Å²) in [6.45, 7) is 10.6. The number of halogens is 1. The largest absolute Gasteiger partial charge is 0.486 e. The van der Waals surface area contributed by atoms with Crippen LogP contribution in [-0.2, 0) is 17.8 Å². The van der Waals surface area contributed by atoms with Crippen molar-refractivity contribution in [3.8, 4) is 5.75 Å². The molecule has 0 saturated heterocycles. The second kappa shape index (κ2) is 7.36. The molecule has 3 N–H and O–H groups in total.